The van der Waals surface area contributed by atoms with Crippen molar-refractivity contribution in [1.29, 1.82) is 0 Å². The summed E-state index contributed by atoms with van der Waals surface area (Å²) in [5, 5.41) is 11.1. The molecule has 0 radical (unpaired) electrons. The van der Waals surface area contributed by atoms with E-state index >= 15 is 0 Å². The van der Waals surface area contributed by atoms with Crippen LogP contribution in [0.3, 0.4) is 0 Å². The second-order valence-corrected chi connectivity index (χ2v) is 3.17. The van der Waals surface area contributed by atoms with Gasteiger partial charge in [0.25, 0.3) is 0 Å². The highest BCUT2D eigenvalue weighted by atomic mass is 16.4. The van der Waals surface area contributed by atoms with Crippen molar-refractivity contribution in [3.8, 4) is 0 Å². The molecule has 5 heteroatoms. The maximum Gasteiger partial charge on any atom is 0.329 e. The fraction of sp³-hybridized carbons (Fsp3) is 0.714. The Morgan fingerprint density at radius 2 is 2.08 bits per heavy atom. The maximum atomic E-state index is 11.0. The number of aliphatic carboxylic acids is 1. The van der Waals surface area contributed by atoms with Gasteiger partial charge in [0.05, 0.1) is 6.04 Å². The monoisotopic (exact) mass is 172 g/mol. The van der Waals surface area contributed by atoms with Gasteiger partial charge in [-0.2, -0.15) is 0 Å². The first-order chi connectivity index (χ1) is 5.48. The zero-order valence-electron chi connectivity index (χ0n) is 6.83. The Labute approximate surface area is 69.9 Å². The molecule has 1 aliphatic carbocycles. The second-order valence-electron chi connectivity index (χ2n) is 3.17. The Morgan fingerprint density at radius 3 is 2.33 bits per heavy atom. The lowest BCUT2D eigenvalue weighted by molar-refractivity contribution is -0.143. The zero-order valence-corrected chi connectivity index (χ0v) is 6.83. The highest BCUT2D eigenvalue weighted by Gasteiger charge is 2.51. The topological polar surface area (TPSA) is 92.4 Å². The molecule has 1 amide bonds. The fourth-order valence-electron chi connectivity index (χ4n) is 0.867. The number of nitrogens with one attached hydrogen (secondary N) is 1. The predicted octanol–water partition coefficient (Wildman–Crippen LogP) is -0.933. The summed E-state index contributed by atoms with van der Waals surface area (Å²) >= 11 is 0. The van der Waals surface area contributed by atoms with Crippen molar-refractivity contribution in [3.05, 3.63) is 0 Å². The first-order valence-electron chi connectivity index (χ1n) is 3.79. The minimum Gasteiger partial charge on any atom is -0.480 e. The van der Waals surface area contributed by atoms with E-state index in [1.165, 1.54) is 6.92 Å². The standard InChI is InChI=1S/C7H12N2O3/c1-4(8)5(10)9-7(2-3-7)6(11)12/h4H,2-3,8H2,1H3,(H,9,10)(H,11,12)/t4-/m1/s1. The van der Waals surface area contributed by atoms with E-state index in [1.807, 2.05) is 0 Å². The number of rotatable bonds is 3. The second kappa shape index (κ2) is 2.75. The van der Waals surface area contributed by atoms with Gasteiger partial charge in [-0.15, -0.1) is 0 Å². The Morgan fingerprint density at radius 1 is 1.58 bits per heavy atom. The molecule has 0 aliphatic heterocycles. The van der Waals surface area contributed by atoms with Gasteiger partial charge in [-0.05, 0) is 19.8 Å². The first-order valence-corrected chi connectivity index (χ1v) is 3.79. The smallest absolute Gasteiger partial charge is 0.329 e. The summed E-state index contributed by atoms with van der Waals surface area (Å²) in [6.45, 7) is 1.52. The number of hydrogen-bond acceptors (Lipinski definition) is 3. The molecule has 4 N–H and O–H groups in total. The third kappa shape index (κ3) is 1.55. The molecule has 12 heavy (non-hydrogen) atoms. The van der Waals surface area contributed by atoms with Crippen LogP contribution in [0.15, 0.2) is 0 Å². The minimum absolute atomic E-state index is 0.408. The molecule has 1 fully saturated rings. The quantitative estimate of drug-likeness (QED) is 0.512. The van der Waals surface area contributed by atoms with Crippen LogP contribution in [-0.2, 0) is 9.59 Å². The van der Waals surface area contributed by atoms with Gasteiger partial charge in [-0.25, -0.2) is 4.79 Å². The fourth-order valence-corrected chi connectivity index (χ4v) is 0.867. The van der Waals surface area contributed by atoms with E-state index in [2.05, 4.69) is 5.32 Å². The van der Waals surface area contributed by atoms with Crippen molar-refractivity contribution in [1.82, 2.24) is 5.32 Å². The third-order valence-electron chi connectivity index (χ3n) is 1.94. The summed E-state index contributed by atoms with van der Waals surface area (Å²) in [7, 11) is 0. The number of carboxylic acid groups (broad SMARTS) is 1. The van der Waals surface area contributed by atoms with Crippen molar-refractivity contribution in [2.24, 2.45) is 5.73 Å². The van der Waals surface area contributed by atoms with Crippen molar-refractivity contribution < 1.29 is 14.7 Å². The molecule has 0 aromatic carbocycles. The molecule has 1 rings (SSSR count). The van der Waals surface area contributed by atoms with E-state index in [0.29, 0.717) is 12.8 Å². The maximum absolute atomic E-state index is 11.0. The van der Waals surface area contributed by atoms with Gasteiger partial charge in [0.1, 0.15) is 5.54 Å². The average Bonchev–Trinajstić information content (AvgIpc) is 2.68. The minimum atomic E-state index is -1.01. The lowest BCUT2D eigenvalue weighted by Gasteiger charge is -2.13. The molecule has 0 unspecified atom stereocenters. The summed E-state index contributed by atoms with van der Waals surface area (Å²) in [5.74, 6) is -1.38. The Kier molecular flexibility index (Phi) is 2.06. The van der Waals surface area contributed by atoms with Gasteiger partial charge in [0.15, 0.2) is 0 Å². The molecule has 68 valence electrons. The molecule has 0 bridgehead atoms. The van der Waals surface area contributed by atoms with Crippen LogP contribution in [0.1, 0.15) is 19.8 Å². The Bertz CT molecular complexity index is 221. The summed E-state index contributed by atoms with van der Waals surface area (Å²) in [4.78, 5) is 21.6. The van der Waals surface area contributed by atoms with Crippen LogP contribution in [0.4, 0.5) is 0 Å². The van der Waals surface area contributed by atoms with E-state index in [1.54, 1.807) is 0 Å². The normalized spacial score (nSPS) is 21.2. The molecule has 0 aromatic rings. The van der Waals surface area contributed by atoms with Gasteiger partial charge in [0.2, 0.25) is 5.91 Å². The molecule has 0 saturated heterocycles. The van der Waals surface area contributed by atoms with Gasteiger partial charge >= 0.3 is 5.97 Å². The SMILES string of the molecule is C[C@@H](N)C(=O)NC1(C(=O)O)CC1. The first kappa shape index (κ1) is 8.99. The van der Waals surface area contributed by atoms with Gasteiger partial charge in [-0.1, -0.05) is 0 Å². The number of nitrogens with two attached hydrogens (primary N) is 1. The van der Waals surface area contributed by atoms with Crippen LogP contribution in [0.25, 0.3) is 0 Å². The molecule has 1 aliphatic rings. The van der Waals surface area contributed by atoms with Crippen LogP contribution in [-0.4, -0.2) is 28.6 Å². The van der Waals surface area contributed by atoms with Crippen molar-refractivity contribution in [2.75, 3.05) is 0 Å². The van der Waals surface area contributed by atoms with Gasteiger partial charge in [-0.3, -0.25) is 4.79 Å². The largest absolute Gasteiger partial charge is 0.480 e. The number of carbonyl (C=O) groups is 2. The predicted molar refractivity (Wildman–Crippen MR) is 41.4 cm³/mol. The zero-order chi connectivity index (χ0) is 9.35. The number of amides is 1. The van der Waals surface area contributed by atoms with E-state index in [4.69, 9.17) is 10.8 Å². The molecular formula is C7H12N2O3. The molecule has 1 saturated carbocycles. The Hall–Kier alpha value is -1.10. The van der Waals surface area contributed by atoms with Crippen LogP contribution in [0, 0.1) is 0 Å². The third-order valence-corrected chi connectivity index (χ3v) is 1.94. The summed E-state index contributed by atoms with van der Waals surface area (Å²) in [5.41, 5.74) is 4.26. The van der Waals surface area contributed by atoms with E-state index in [0.717, 1.165) is 0 Å². The van der Waals surface area contributed by atoms with Crippen LogP contribution in [0.5, 0.6) is 0 Å². The van der Waals surface area contributed by atoms with Gasteiger partial charge in [0, 0.05) is 0 Å². The number of carbonyl (C=O) groups excluding carboxylic acids is 1. The van der Waals surface area contributed by atoms with E-state index < -0.39 is 23.5 Å². The van der Waals surface area contributed by atoms with E-state index in [-0.39, 0.29) is 0 Å². The summed E-state index contributed by atoms with van der Waals surface area (Å²) in [6.07, 6.45) is 1.00. The Balaban J connectivity index is 2.51. The summed E-state index contributed by atoms with van der Waals surface area (Å²) < 4.78 is 0. The van der Waals surface area contributed by atoms with Crippen molar-refractivity contribution in [2.45, 2.75) is 31.3 Å². The lowest BCUT2D eigenvalue weighted by Crippen LogP contribution is -2.49. The molecule has 0 aromatic heterocycles. The molecule has 0 spiro atoms. The molecule has 0 heterocycles. The number of hydrogen-bond donors (Lipinski definition) is 3. The van der Waals surface area contributed by atoms with Crippen molar-refractivity contribution >= 4 is 11.9 Å². The van der Waals surface area contributed by atoms with Gasteiger partial charge < -0.3 is 16.2 Å². The van der Waals surface area contributed by atoms with E-state index in [9.17, 15) is 9.59 Å². The highest BCUT2D eigenvalue weighted by molar-refractivity contribution is 5.91. The van der Waals surface area contributed by atoms with Crippen LogP contribution >= 0.6 is 0 Å². The number of carboxylic acids is 1. The average molecular weight is 172 g/mol. The van der Waals surface area contributed by atoms with Crippen LogP contribution in [0.2, 0.25) is 0 Å². The molecule has 5 nitrogen and oxygen atoms in total. The lowest BCUT2D eigenvalue weighted by atomic mass is 10.2. The molecule has 1 atom stereocenters. The van der Waals surface area contributed by atoms with Crippen LogP contribution < -0.4 is 11.1 Å². The highest BCUT2D eigenvalue weighted by Crippen LogP contribution is 2.35. The van der Waals surface area contributed by atoms with Crippen molar-refractivity contribution in [3.63, 3.8) is 0 Å². The summed E-state index contributed by atoms with van der Waals surface area (Å²) in [6, 6.07) is -0.651. The molecular weight excluding hydrogens is 160 g/mol.